The Labute approximate surface area is 144 Å². The molecule has 1 heterocycles. The van der Waals surface area contributed by atoms with Crippen LogP contribution in [-0.2, 0) is 19.6 Å². The molecule has 0 bridgehead atoms. The van der Waals surface area contributed by atoms with Crippen molar-refractivity contribution in [2.75, 3.05) is 13.1 Å². The summed E-state index contributed by atoms with van der Waals surface area (Å²) in [6, 6.07) is 6.46. The van der Waals surface area contributed by atoms with Crippen LogP contribution >= 0.6 is 0 Å². The van der Waals surface area contributed by atoms with Crippen molar-refractivity contribution in [1.29, 1.82) is 0 Å². The lowest BCUT2D eigenvalue weighted by Crippen LogP contribution is -2.46. The summed E-state index contributed by atoms with van der Waals surface area (Å²) in [7, 11) is -3.58. The van der Waals surface area contributed by atoms with Crippen LogP contribution in [0.3, 0.4) is 0 Å². The highest BCUT2D eigenvalue weighted by Crippen LogP contribution is 2.22. The molecule has 0 aromatic heterocycles. The van der Waals surface area contributed by atoms with Crippen LogP contribution in [0.2, 0.25) is 0 Å². The van der Waals surface area contributed by atoms with Crippen molar-refractivity contribution < 1.29 is 28.2 Å². The van der Waals surface area contributed by atoms with Crippen LogP contribution in [0.25, 0.3) is 0 Å². The average Bonchev–Trinajstić information content (AvgIpc) is 2.81. The SMILES string of the molecule is CC(O)(CNC(=O)CCCN=C1NS(=O)(=O)c2ccccc21)C(=O)O. The van der Waals surface area contributed by atoms with Gasteiger partial charge in [0.05, 0.1) is 11.4 Å². The van der Waals surface area contributed by atoms with Crippen LogP contribution in [0.15, 0.2) is 34.2 Å². The molecular weight excluding hydrogens is 350 g/mol. The lowest BCUT2D eigenvalue weighted by atomic mass is 10.1. The quantitative estimate of drug-likeness (QED) is 0.475. The number of nitrogens with one attached hydrogen (secondary N) is 2. The molecule has 1 aromatic carbocycles. The highest BCUT2D eigenvalue weighted by Gasteiger charge is 2.31. The van der Waals surface area contributed by atoms with Gasteiger partial charge in [0.25, 0.3) is 10.0 Å². The molecule has 0 saturated carbocycles. The van der Waals surface area contributed by atoms with Crippen molar-refractivity contribution in [2.24, 2.45) is 4.99 Å². The van der Waals surface area contributed by atoms with E-state index in [1.165, 1.54) is 6.07 Å². The number of carbonyl (C=O) groups is 2. The van der Waals surface area contributed by atoms with E-state index in [1.54, 1.807) is 18.2 Å². The number of aliphatic carboxylic acids is 1. The van der Waals surface area contributed by atoms with E-state index in [0.717, 1.165) is 6.92 Å². The third kappa shape index (κ3) is 4.54. The molecule has 1 amide bonds. The summed E-state index contributed by atoms with van der Waals surface area (Å²) in [4.78, 5) is 26.7. The number of hydrogen-bond donors (Lipinski definition) is 4. The number of amidine groups is 1. The number of rotatable bonds is 7. The molecule has 0 spiro atoms. The second kappa shape index (κ2) is 7.19. The second-order valence-electron chi connectivity index (χ2n) is 5.79. The summed E-state index contributed by atoms with van der Waals surface area (Å²) < 4.78 is 26.2. The van der Waals surface area contributed by atoms with E-state index in [2.05, 4.69) is 15.0 Å². The van der Waals surface area contributed by atoms with Gasteiger partial charge in [0.2, 0.25) is 5.91 Å². The monoisotopic (exact) mass is 369 g/mol. The zero-order valence-corrected chi connectivity index (χ0v) is 14.3. The summed E-state index contributed by atoms with van der Waals surface area (Å²) in [5.41, 5.74) is -1.54. The average molecular weight is 369 g/mol. The Morgan fingerprint density at radius 3 is 2.68 bits per heavy atom. The molecule has 1 unspecified atom stereocenters. The van der Waals surface area contributed by atoms with Crippen LogP contribution in [0, 0.1) is 0 Å². The van der Waals surface area contributed by atoms with E-state index < -0.39 is 34.0 Å². The molecule has 9 nitrogen and oxygen atoms in total. The van der Waals surface area contributed by atoms with Gasteiger partial charge in [0, 0.05) is 18.5 Å². The van der Waals surface area contributed by atoms with Crippen molar-refractivity contribution in [3.8, 4) is 0 Å². The minimum Gasteiger partial charge on any atom is -0.479 e. The van der Waals surface area contributed by atoms with Gasteiger partial charge in [-0.15, -0.1) is 0 Å². The molecule has 136 valence electrons. The summed E-state index contributed by atoms with van der Waals surface area (Å²) in [6.07, 6.45) is 0.412. The zero-order chi connectivity index (χ0) is 18.7. The summed E-state index contributed by atoms with van der Waals surface area (Å²) in [5, 5.41) is 20.6. The summed E-state index contributed by atoms with van der Waals surface area (Å²) in [5.74, 6) is -1.61. The molecule has 25 heavy (non-hydrogen) atoms. The predicted octanol–water partition coefficient (Wildman–Crippen LogP) is -0.543. The third-order valence-electron chi connectivity index (χ3n) is 3.59. The number of fused-ring (bicyclic) bond motifs is 1. The highest BCUT2D eigenvalue weighted by molar-refractivity contribution is 7.90. The van der Waals surface area contributed by atoms with E-state index in [9.17, 15) is 23.1 Å². The van der Waals surface area contributed by atoms with Crippen LogP contribution in [0.1, 0.15) is 25.3 Å². The number of nitrogens with zero attached hydrogens (tertiary/aromatic N) is 1. The second-order valence-corrected chi connectivity index (χ2v) is 7.44. The molecular formula is C15H19N3O6S. The van der Waals surface area contributed by atoms with E-state index in [0.29, 0.717) is 12.0 Å². The number of amides is 1. The first kappa shape index (κ1) is 18.9. The van der Waals surface area contributed by atoms with Gasteiger partial charge in [0.15, 0.2) is 5.60 Å². The Morgan fingerprint density at radius 2 is 2.00 bits per heavy atom. The van der Waals surface area contributed by atoms with Gasteiger partial charge in [0.1, 0.15) is 5.84 Å². The minimum atomic E-state index is -3.58. The Kier molecular flexibility index (Phi) is 5.43. The molecule has 1 aliphatic rings. The fraction of sp³-hybridized carbons (Fsp3) is 0.400. The van der Waals surface area contributed by atoms with Gasteiger partial charge in [-0.05, 0) is 25.5 Å². The standard InChI is InChI=1S/C15H19N3O6S/c1-15(22,14(20)21)9-17-12(19)7-4-8-16-13-10-5-2-3-6-11(10)25(23,24)18-13/h2-3,5-6,22H,4,7-9H2,1H3,(H,16,18)(H,17,19)(H,20,21). The van der Waals surface area contributed by atoms with Crippen LogP contribution in [-0.4, -0.2) is 55.0 Å². The molecule has 1 aliphatic heterocycles. The first-order valence-electron chi connectivity index (χ1n) is 7.52. The molecule has 10 heteroatoms. The zero-order valence-electron chi connectivity index (χ0n) is 13.5. The van der Waals surface area contributed by atoms with Gasteiger partial charge >= 0.3 is 5.97 Å². The number of carboxylic acids is 1. The number of carboxylic acid groups (broad SMARTS) is 1. The Morgan fingerprint density at radius 1 is 1.32 bits per heavy atom. The molecule has 0 fully saturated rings. The smallest absolute Gasteiger partial charge is 0.337 e. The Bertz CT molecular complexity index is 816. The number of aliphatic imine (C=N–C) groups is 1. The number of sulfonamides is 1. The van der Waals surface area contributed by atoms with E-state index >= 15 is 0 Å². The van der Waals surface area contributed by atoms with E-state index in [1.807, 2.05) is 0 Å². The number of benzene rings is 1. The number of hydrogen-bond acceptors (Lipinski definition) is 6. The molecule has 0 saturated heterocycles. The van der Waals surface area contributed by atoms with Crippen molar-refractivity contribution in [3.63, 3.8) is 0 Å². The van der Waals surface area contributed by atoms with Crippen LogP contribution < -0.4 is 10.0 Å². The molecule has 1 aromatic rings. The van der Waals surface area contributed by atoms with Crippen molar-refractivity contribution in [1.82, 2.24) is 10.0 Å². The largest absolute Gasteiger partial charge is 0.479 e. The third-order valence-corrected chi connectivity index (χ3v) is 4.98. The lowest BCUT2D eigenvalue weighted by molar-refractivity contribution is -0.156. The normalized spacial score (nSPS) is 18.9. The number of aliphatic hydroxyl groups is 1. The van der Waals surface area contributed by atoms with Gasteiger partial charge < -0.3 is 15.5 Å². The molecule has 2 rings (SSSR count). The predicted molar refractivity (Wildman–Crippen MR) is 88.7 cm³/mol. The van der Waals surface area contributed by atoms with Crippen molar-refractivity contribution in [3.05, 3.63) is 29.8 Å². The molecule has 0 radical (unpaired) electrons. The maximum atomic E-state index is 11.9. The van der Waals surface area contributed by atoms with Crippen LogP contribution in [0.4, 0.5) is 0 Å². The van der Waals surface area contributed by atoms with Gasteiger partial charge in [-0.25, -0.2) is 13.2 Å². The fourth-order valence-corrected chi connectivity index (χ4v) is 3.37. The summed E-state index contributed by atoms with van der Waals surface area (Å²) >= 11 is 0. The fourth-order valence-electron chi connectivity index (χ4n) is 2.12. The Balaban J connectivity index is 1.85. The number of carbonyl (C=O) groups excluding carboxylic acids is 1. The van der Waals surface area contributed by atoms with Gasteiger partial charge in [-0.3, -0.25) is 14.5 Å². The minimum absolute atomic E-state index is 0.0703. The van der Waals surface area contributed by atoms with Crippen LogP contribution in [0.5, 0.6) is 0 Å². The van der Waals surface area contributed by atoms with Gasteiger partial charge in [-0.2, -0.15) is 0 Å². The van der Waals surface area contributed by atoms with Crippen molar-refractivity contribution >= 4 is 27.7 Å². The first-order chi connectivity index (χ1) is 11.6. The van der Waals surface area contributed by atoms with Gasteiger partial charge in [-0.1, -0.05) is 12.1 Å². The van der Waals surface area contributed by atoms with Crippen molar-refractivity contribution in [2.45, 2.75) is 30.3 Å². The molecule has 4 N–H and O–H groups in total. The molecule has 1 atom stereocenters. The van der Waals surface area contributed by atoms with E-state index in [-0.39, 0.29) is 23.7 Å². The first-order valence-corrected chi connectivity index (χ1v) is 9.01. The maximum absolute atomic E-state index is 11.9. The summed E-state index contributed by atoms with van der Waals surface area (Å²) in [6.45, 7) is 0.906. The lowest BCUT2D eigenvalue weighted by Gasteiger charge is -2.18. The molecule has 0 aliphatic carbocycles. The van der Waals surface area contributed by atoms with E-state index in [4.69, 9.17) is 5.11 Å². The highest BCUT2D eigenvalue weighted by atomic mass is 32.2. The maximum Gasteiger partial charge on any atom is 0.337 e. The Hall–Kier alpha value is -2.46. The topological polar surface area (TPSA) is 145 Å².